The van der Waals surface area contributed by atoms with Crippen LogP contribution in [0.15, 0.2) is 11.8 Å². The van der Waals surface area contributed by atoms with E-state index in [9.17, 15) is 4.79 Å². The Morgan fingerprint density at radius 2 is 2.20 bits per heavy atom. The van der Waals surface area contributed by atoms with Crippen molar-refractivity contribution in [1.29, 1.82) is 0 Å². The molecule has 0 N–H and O–H groups in total. The van der Waals surface area contributed by atoms with E-state index in [0.717, 1.165) is 6.29 Å². The van der Waals surface area contributed by atoms with Gasteiger partial charge in [0.15, 0.2) is 0 Å². The summed E-state index contributed by atoms with van der Waals surface area (Å²) in [5.41, 5.74) is 0.626. The molecule has 0 saturated carbocycles. The fraction of sp³-hybridized carbons (Fsp3) is 0.625. The molecule has 0 aliphatic heterocycles. The van der Waals surface area contributed by atoms with E-state index in [1.807, 2.05) is 0 Å². The molecular formula is C8H14O2. The van der Waals surface area contributed by atoms with Crippen molar-refractivity contribution in [3.63, 3.8) is 0 Å². The first-order valence-electron chi connectivity index (χ1n) is 3.40. The van der Waals surface area contributed by atoms with Crippen LogP contribution in [0.4, 0.5) is 0 Å². The highest BCUT2D eigenvalue weighted by molar-refractivity contribution is 5.71. The first-order chi connectivity index (χ1) is 4.66. The van der Waals surface area contributed by atoms with Crippen LogP contribution in [0.5, 0.6) is 0 Å². The number of rotatable bonds is 4. The molecule has 0 spiro atoms. The van der Waals surface area contributed by atoms with Gasteiger partial charge in [0.1, 0.15) is 6.29 Å². The molecule has 0 rings (SSSR count). The zero-order valence-electron chi connectivity index (χ0n) is 6.76. The van der Waals surface area contributed by atoms with Gasteiger partial charge in [0.2, 0.25) is 0 Å². The van der Waals surface area contributed by atoms with Crippen LogP contribution in [-0.2, 0) is 9.53 Å². The molecule has 0 atom stereocenters. The highest BCUT2D eigenvalue weighted by atomic mass is 16.5. The summed E-state index contributed by atoms with van der Waals surface area (Å²) in [7, 11) is 0. The van der Waals surface area contributed by atoms with E-state index < -0.39 is 0 Å². The summed E-state index contributed by atoms with van der Waals surface area (Å²) in [5, 5.41) is 0. The Labute approximate surface area is 61.9 Å². The Kier molecular flexibility index (Phi) is 4.63. The molecule has 0 heterocycles. The summed E-state index contributed by atoms with van der Waals surface area (Å²) < 4.78 is 5.05. The molecular weight excluding hydrogens is 128 g/mol. The number of hydrogen-bond donors (Lipinski definition) is 0. The second-order valence-corrected chi connectivity index (χ2v) is 2.71. The van der Waals surface area contributed by atoms with E-state index in [-0.39, 0.29) is 0 Å². The first kappa shape index (κ1) is 9.21. The van der Waals surface area contributed by atoms with E-state index >= 15 is 0 Å². The zero-order chi connectivity index (χ0) is 7.98. The first-order valence-corrected chi connectivity index (χ1v) is 3.40. The molecule has 2 heteroatoms. The van der Waals surface area contributed by atoms with Gasteiger partial charge in [-0.25, -0.2) is 0 Å². The van der Waals surface area contributed by atoms with Gasteiger partial charge in [-0.05, 0) is 12.8 Å². The summed E-state index contributed by atoms with van der Waals surface area (Å²) >= 11 is 0. The fourth-order valence-corrected chi connectivity index (χ4v) is 0.400. The van der Waals surface area contributed by atoms with Crippen LogP contribution in [0.1, 0.15) is 20.8 Å². The second-order valence-electron chi connectivity index (χ2n) is 2.71. The van der Waals surface area contributed by atoms with Crippen LogP contribution in [0.3, 0.4) is 0 Å². The van der Waals surface area contributed by atoms with Crippen molar-refractivity contribution in [3.05, 3.63) is 11.8 Å². The zero-order valence-corrected chi connectivity index (χ0v) is 6.76. The minimum Gasteiger partial charge on any atom is -0.501 e. The highest BCUT2D eigenvalue weighted by Gasteiger charge is 1.90. The van der Waals surface area contributed by atoms with Crippen molar-refractivity contribution in [1.82, 2.24) is 0 Å². The van der Waals surface area contributed by atoms with Gasteiger partial charge in [-0.1, -0.05) is 13.8 Å². The number of aldehydes is 1. The molecule has 0 amide bonds. The Morgan fingerprint density at radius 3 is 2.60 bits per heavy atom. The van der Waals surface area contributed by atoms with E-state index in [0.29, 0.717) is 18.1 Å². The standard InChI is InChI=1S/C8H14O2/c1-7(2)5-10-6-8(3)4-9/h4,6-7H,5H2,1-3H3. The van der Waals surface area contributed by atoms with Gasteiger partial charge in [-0.15, -0.1) is 0 Å². The third-order valence-electron chi connectivity index (χ3n) is 0.885. The van der Waals surface area contributed by atoms with Gasteiger partial charge >= 0.3 is 0 Å². The quantitative estimate of drug-likeness (QED) is 0.339. The molecule has 0 bridgehead atoms. The Hall–Kier alpha value is -0.790. The van der Waals surface area contributed by atoms with E-state index in [2.05, 4.69) is 13.8 Å². The monoisotopic (exact) mass is 142 g/mol. The largest absolute Gasteiger partial charge is 0.501 e. The number of carbonyl (C=O) groups excluding carboxylic acids is 1. The maximum Gasteiger partial charge on any atom is 0.148 e. The van der Waals surface area contributed by atoms with Gasteiger partial charge < -0.3 is 4.74 Å². The summed E-state index contributed by atoms with van der Waals surface area (Å²) in [6.45, 7) is 6.51. The maximum absolute atomic E-state index is 10.0. The third kappa shape index (κ3) is 5.35. The molecule has 0 unspecified atom stereocenters. The Bertz CT molecular complexity index is 125. The van der Waals surface area contributed by atoms with Crippen LogP contribution in [0, 0.1) is 5.92 Å². The van der Waals surface area contributed by atoms with Crippen LogP contribution in [0.2, 0.25) is 0 Å². The minimum atomic E-state index is 0.510. The van der Waals surface area contributed by atoms with Gasteiger partial charge in [0.05, 0.1) is 12.9 Å². The molecule has 0 aliphatic carbocycles. The van der Waals surface area contributed by atoms with E-state index in [1.165, 1.54) is 6.26 Å². The molecule has 2 nitrogen and oxygen atoms in total. The molecule has 58 valence electrons. The molecule has 0 saturated heterocycles. The van der Waals surface area contributed by atoms with Crippen molar-refractivity contribution in [3.8, 4) is 0 Å². The summed E-state index contributed by atoms with van der Waals surface area (Å²) in [6.07, 6.45) is 2.27. The predicted molar refractivity (Wildman–Crippen MR) is 40.6 cm³/mol. The average molecular weight is 142 g/mol. The molecule has 0 fully saturated rings. The predicted octanol–water partition coefficient (Wildman–Crippen LogP) is 1.76. The van der Waals surface area contributed by atoms with Crippen LogP contribution >= 0.6 is 0 Å². The molecule has 0 aromatic carbocycles. The van der Waals surface area contributed by atoms with Crippen molar-refractivity contribution in [2.75, 3.05) is 6.61 Å². The molecule has 0 radical (unpaired) electrons. The van der Waals surface area contributed by atoms with Crippen LogP contribution < -0.4 is 0 Å². The normalized spacial score (nSPS) is 11.8. The van der Waals surface area contributed by atoms with Crippen molar-refractivity contribution >= 4 is 6.29 Å². The van der Waals surface area contributed by atoms with Gasteiger partial charge in [-0.2, -0.15) is 0 Å². The average Bonchev–Trinajstić information content (AvgIpc) is 1.87. The molecule has 0 aromatic heterocycles. The lowest BCUT2D eigenvalue weighted by Gasteiger charge is -2.02. The lowest BCUT2D eigenvalue weighted by Crippen LogP contribution is -1.97. The summed E-state index contributed by atoms with van der Waals surface area (Å²) in [5.74, 6) is 0.510. The minimum absolute atomic E-state index is 0.510. The van der Waals surface area contributed by atoms with Crippen LogP contribution in [-0.4, -0.2) is 12.9 Å². The van der Waals surface area contributed by atoms with Gasteiger partial charge in [0, 0.05) is 5.57 Å². The topological polar surface area (TPSA) is 26.3 Å². The fourth-order valence-electron chi connectivity index (χ4n) is 0.400. The van der Waals surface area contributed by atoms with E-state index in [4.69, 9.17) is 4.74 Å². The van der Waals surface area contributed by atoms with Crippen molar-refractivity contribution < 1.29 is 9.53 Å². The van der Waals surface area contributed by atoms with Gasteiger partial charge in [0.25, 0.3) is 0 Å². The maximum atomic E-state index is 10.0. The van der Waals surface area contributed by atoms with Gasteiger partial charge in [-0.3, -0.25) is 4.79 Å². The Balaban J connectivity index is 3.43. The third-order valence-corrected chi connectivity index (χ3v) is 0.885. The second kappa shape index (κ2) is 5.03. The molecule has 0 aliphatic rings. The smallest absolute Gasteiger partial charge is 0.148 e. The number of ether oxygens (including phenoxy) is 1. The summed E-state index contributed by atoms with van der Waals surface area (Å²) in [6, 6.07) is 0. The van der Waals surface area contributed by atoms with Crippen molar-refractivity contribution in [2.24, 2.45) is 5.92 Å². The number of allylic oxidation sites excluding steroid dienone is 1. The SMILES string of the molecule is CC(C=O)=COCC(C)C. The summed E-state index contributed by atoms with van der Waals surface area (Å²) in [4.78, 5) is 10.0. The highest BCUT2D eigenvalue weighted by Crippen LogP contribution is 1.94. The Morgan fingerprint density at radius 1 is 1.60 bits per heavy atom. The number of hydrogen-bond acceptors (Lipinski definition) is 2. The number of carbonyl (C=O) groups is 1. The van der Waals surface area contributed by atoms with Crippen LogP contribution in [0.25, 0.3) is 0 Å². The molecule has 0 aromatic rings. The lowest BCUT2D eigenvalue weighted by atomic mass is 10.2. The molecule has 10 heavy (non-hydrogen) atoms. The van der Waals surface area contributed by atoms with Crippen molar-refractivity contribution in [2.45, 2.75) is 20.8 Å². The van der Waals surface area contributed by atoms with E-state index in [1.54, 1.807) is 6.92 Å². The lowest BCUT2D eigenvalue weighted by molar-refractivity contribution is -0.105.